The van der Waals surface area contributed by atoms with Crippen LogP contribution < -0.4 is 4.74 Å². The highest BCUT2D eigenvalue weighted by Gasteiger charge is 2.12. The summed E-state index contributed by atoms with van der Waals surface area (Å²) in [6.45, 7) is 0. The molecule has 0 saturated carbocycles. The quantitative estimate of drug-likeness (QED) is 0.771. The minimum atomic E-state index is -0.543. The van der Waals surface area contributed by atoms with Crippen LogP contribution in [-0.2, 0) is 0 Å². The second kappa shape index (κ2) is 3.31. The van der Waals surface area contributed by atoms with Gasteiger partial charge in [0.25, 0.3) is 5.24 Å². The Bertz CT molecular complexity index is 493. The molecular formula is C9H7ClN2O2. The minimum absolute atomic E-state index is 0.339. The molecule has 0 aliphatic carbocycles. The summed E-state index contributed by atoms with van der Waals surface area (Å²) in [6, 6.07) is 3.29. The molecule has 1 aromatic carbocycles. The predicted molar refractivity (Wildman–Crippen MR) is 52.8 cm³/mol. The first kappa shape index (κ1) is 9.02. The zero-order valence-corrected chi connectivity index (χ0v) is 8.13. The smallest absolute Gasteiger partial charge is 0.256 e. The number of hydrogen-bond acceptors (Lipinski definition) is 3. The lowest BCUT2D eigenvalue weighted by Gasteiger charge is -2.03. The molecule has 0 atom stereocenters. The van der Waals surface area contributed by atoms with Gasteiger partial charge in [0.2, 0.25) is 0 Å². The third-order valence-corrected chi connectivity index (χ3v) is 2.16. The molecule has 2 aromatic rings. The standard InChI is InChI=1S/C9H7ClN2O2/c1-14-8-3-7-6(11-4-12-7)2-5(8)9(10)13/h2-4H,1H3,(H,11,12). The molecule has 0 amide bonds. The largest absolute Gasteiger partial charge is 0.496 e. The molecule has 72 valence electrons. The van der Waals surface area contributed by atoms with Crippen molar-refractivity contribution >= 4 is 27.9 Å². The maximum atomic E-state index is 11.0. The van der Waals surface area contributed by atoms with E-state index in [0.717, 1.165) is 11.0 Å². The van der Waals surface area contributed by atoms with Crippen LogP contribution in [-0.4, -0.2) is 22.3 Å². The maximum absolute atomic E-state index is 11.0. The fraction of sp³-hybridized carbons (Fsp3) is 0.111. The number of aromatic nitrogens is 2. The van der Waals surface area contributed by atoms with Crippen LogP contribution in [0, 0.1) is 0 Å². The third kappa shape index (κ3) is 1.33. The second-order valence-corrected chi connectivity index (χ2v) is 3.09. The summed E-state index contributed by atoms with van der Waals surface area (Å²) >= 11 is 5.40. The zero-order chi connectivity index (χ0) is 10.1. The van der Waals surface area contributed by atoms with Gasteiger partial charge in [-0.25, -0.2) is 4.98 Å². The first-order valence-electron chi connectivity index (χ1n) is 3.93. The van der Waals surface area contributed by atoms with Crippen molar-refractivity contribution in [3.05, 3.63) is 24.0 Å². The Balaban J connectivity index is 2.72. The fourth-order valence-corrected chi connectivity index (χ4v) is 1.43. The molecule has 1 N–H and O–H groups in total. The number of H-pyrrole nitrogens is 1. The van der Waals surface area contributed by atoms with Gasteiger partial charge in [-0.1, -0.05) is 0 Å². The van der Waals surface area contributed by atoms with Gasteiger partial charge in [0.05, 0.1) is 30.0 Å². The Morgan fingerprint density at radius 3 is 3.00 bits per heavy atom. The van der Waals surface area contributed by atoms with Gasteiger partial charge >= 0.3 is 0 Å². The van der Waals surface area contributed by atoms with Crippen molar-refractivity contribution in [3.63, 3.8) is 0 Å². The van der Waals surface area contributed by atoms with Crippen LogP contribution in [0.1, 0.15) is 10.4 Å². The number of carbonyl (C=O) groups is 1. The maximum Gasteiger partial charge on any atom is 0.256 e. The van der Waals surface area contributed by atoms with Crippen LogP contribution in [0.3, 0.4) is 0 Å². The number of carbonyl (C=O) groups excluding carboxylic acids is 1. The summed E-state index contributed by atoms with van der Waals surface area (Å²) in [5.41, 5.74) is 1.84. The van der Waals surface area contributed by atoms with E-state index in [2.05, 4.69) is 9.97 Å². The summed E-state index contributed by atoms with van der Waals surface area (Å²) in [5.74, 6) is 0.435. The Hall–Kier alpha value is -1.55. The topological polar surface area (TPSA) is 55.0 Å². The van der Waals surface area contributed by atoms with Crippen LogP contribution in [0.25, 0.3) is 11.0 Å². The second-order valence-electron chi connectivity index (χ2n) is 2.75. The summed E-state index contributed by atoms with van der Waals surface area (Å²) in [6.07, 6.45) is 1.55. The molecule has 0 fully saturated rings. The Kier molecular flexibility index (Phi) is 2.13. The Morgan fingerprint density at radius 2 is 2.36 bits per heavy atom. The van der Waals surface area contributed by atoms with E-state index in [4.69, 9.17) is 16.3 Å². The first-order valence-corrected chi connectivity index (χ1v) is 4.31. The van der Waals surface area contributed by atoms with Crippen molar-refractivity contribution in [2.24, 2.45) is 0 Å². The molecule has 1 heterocycles. The van der Waals surface area contributed by atoms with Crippen LogP contribution in [0.15, 0.2) is 18.5 Å². The Morgan fingerprint density at radius 1 is 1.57 bits per heavy atom. The van der Waals surface area contributed by atoms with Gasteiger partial charge in [-0.2, -0.15) is 0 Å². The predicted octanol–water partition coefficient (Wildman–Crippen LogP) is 1.95. The van der Waals surface area contributed by atoms with E-state index >= 15 is 0 Å². The van der Waals surface area contributed by atoms with Gasteiger partial charge in [-0.05, 0) is 17.7 Å². The normalized spacial score (nSPS) is 10.4. The van der Waals surface area contributed by atoms with E-state index in [9.17, 15) is 4.79 Å². The van der Waals surface area contributed by atoms with E-state index in [0.29, 0.717) is 11.3 Å². The molecule has 0 unspecified atom stereocenters. The number of benzene rings is 1. The van der Waals surface area contributed by atoms with E-state index in [-0.39, 0.29) is 0 Å². The lowest BCUT2D eigenvalue weighted by molar-refractivity contribution is 0.107. The van der Waals surface area contributed by atoms with Crippen LogP contribution in [0.2, 0.25) is 0 Å². The molecule has 0 aliphatic heterocycles. The van der Waals surface area contributed by atoms with Crippen LogP contribution in [0.4, 0.5) is 0 Å². The molecule has 0 radical (unpaired) electrons. The average Bonchev–Trinajstić information content (AvgIpc) is 2.62. The molecule has 0 saturated heterocycles. The van der Waals surface area contributed by atoms with Gasteiger partial charge in [-0.3, -0.25) is 4.79 Å². The molecule has 0 aliphatic rings. The van der Waals surface area contributed by atoms with E-state index < -0.39 is 5.24 Å². The van der Waals surface area contributed by atoms with Gasteiger partial charge in [0.1, 0.15) is 5.75 Å². The first-order chi connectivity index (χ1) is 6.72. The number of imidazole rings is 1. The molecule has 0 spiro atoms. The van der Waals surface area contributed by atoms with Gasteiger partial charge in [0, 0.05) is 6.07 Å². The van der Waals surface area contributed by atoms with Crippen molar-refractivity contribution < 1.29 is 9.53 Å². The summed E-state index contributed by atoms with van der Waals surface area (Å²) in [4.78, 5) is 18.0. The monoisotopic (exact) mass is 210 g/mol. The molecule has 0 bridgehead atoms. The lowest BCUT2D eigenvalue weighted by atomic mass is 10.2. The highest BCUT2D eigenvalue weighted by atomic mass is 35.5. The summed E-state index contributed by atoms with van der Waals surface area (Å²) in [7, 11) is 1.48. The number of aromatic amines is 1. The number of methoxy groups -OCH3 is 1. The van der Waals surface area contributed by atoms with Crippen LogP contribution in [0.5, 0.6) is 5.75 Å². The number of nitrogens with zero attached hydrogens (tertiary/aromatic N) is 1. The number of fused-ring (bicyclic) bond motifs is 1. The molecule has 5 heteroatoms. The van der Waals surface area contributed by atoms with E-state index in [1.165, 1.54) is 7.11 Å². The van der Waals surface area contributed by atoms with Crippen molar-refractivity contribution in [1.29, 1.82) is 0 Å². The van der Waals surface area contributed by atoms with Crippen LogP contribution >= 0.6 is 11.6 Å². The molecule has 1 aromatic heterocycles. The molecule has 14 heavy (non-hydrogen) atoms. The average molecular weight is 211 g/mol. The molecule has 2 rings (SSSR count). The SMILES string of the molecule is COc1cc2nc[nH]c2cc1C(=O)Cl. The minimum Gasteiger partial charge on any atom is -0.496 e. The zero-order valence-electron chi connectivity index (χ0n) is 7.37. The summed E-state index contributed by atoms with van der Waals surface area (Å²) in [5, 5.41) is -0.543. The van der Waals surface area contributed by atoms with E-state index in [1.807, 2.05) is 0 Å². The van der Waals surface area contributed by atoms with Crippen molar-refractivity contribution in [2.45, 2.75) is 0 Å². The number of nitrogens with one attached hydrogen (secondary N) is 1. The van der Waals surface area contributed by atoms with E-state index in [1.54, 1.807) is 18.5 Å². The molecular weight excluding hydrogens is 204 g/mol. The number of ether oxygens (including phenoxy) is 1. The van der Waals surface area contributed by atoms with Gasteiger partial charge in [-0.15, -0.1) is 0 Å². The Labute approximate surface area is 84.9 Å². The number of hydrogen-bond donors (Lipinski definition) is 1. The van der Waals surface area contributed by atoms with Crippen molar-refractivity contribution in [1.82, 2.24) is 9.97 Å². The van der Waals surface area contributed by atoms with Crippen molar-refractivity contribution in [3.8, 4) is 5.75 Å². The third-order valence-electron chi connectivity index (χ3n) is 1.95. The highest BCUT2D eigenvalue weighted by molar-refractivity contribution is 6.68. The van der Waals surface area contributed by atoms with Crippen molar-refractivity contribution in [2.75, 3.05) is 7.11 Å². The lowest BCUT2D eigenvalue weighted by Crippen LogP contribution is -1.95. The summed E-state index contributed by atoms with van der Waals surface area (Å²) < 4.78 is 5.02. The number of rotatable bonds is 2. The number of halogens is 1. The van der Waals surface area contributed by atoms with Gasteiger partial charge < -0.3 is 9.72 Å². The fourth-order valence-electron chi connectivity index (χ4n) is 1.29. The highest BCUT2D eigenvalue weighted by Crippen LogP contribution is 2.25. The molecule has 4 nitrogen and oxygen atoms in total. The van der Waals surface area contributed by atoms with Gasteiger partial charge in [0.15, 0.2) is 0 Å².